The number of carbonyl (C=O) groups excluding carboxylic acids is 1. The molecule has 1 N–H and O–H groups in total. The van der Waals surface area contributed by atoms with E-state index in [1.54, 1.807) is 4.90 Å². The van der Waals surface area contributed by atoms with Crippen molar-refractivity contribution in [1.82, 2.24) is 4.90 Å². The Morgan fingerprint density at radius 3 is 2.40 bits per heavy atom. The second kappa shape index (κ2) is 6.47. The van der Waals surface area contributed by atoms with Gasteiger partial charge in [0.15, 0.2) is 0 Å². The van der Waals surface area contributed by atoms with Crippen LogP contribution in [0.1, 0.15) is 23.7 Å². The number of non-ortho nitro benzene ring substituents is 1. The molecule has 0 radical (unpaired) electrons. The Hall–Kier alpha value is -1.95. The van der Waals surface area contributed by atoms with Gasteiger partial charge in [-0.05, 0) is 18.6 Å². The Balaban J connectivity index is 1.96. The molecule has 0 aliphatic carbocycles. The molecule has 6 nitrogen and oxygen atoms in total. The Kier molecular flexibility index (Phi) is 4.68. The molecule has 20 heavy (non-hydrogen) atoms. The molecule has 0 aromatic heterocycles. The molecule has 0 spiro atoms. The molecule has 1 aromatic carbocycles. The third kappa shape index (κ3) is 3.33. The number of nitrogens with zero attached hydrogens (tertiary/aromatic N) is 2. The number of nitro groups is 1. The van der Waals surface area contributed by atoms with Crippen molar-refractivity contribution in [2.24, 2.45) is 0 Å². The number of hydrogen-bond acceptors (Lipinski definition) is 3. The predicted octanol–water partition coefficient (Wildman–Crippen LogP) is 0.345. The molecule has 1 fully saturated rings. The lowest BCUT2D eigenvalue weighted by atomic mass is 10.1. The topological polar surface area (TPSA) is 67.9 Å². The average Bonchev–Trinajstić information content (AvgIpc) is 2.48. The van der Waals surface area contributed by atoms with Crippen molar-refractivity contribution in [2.45, 2.75) is 13.3 Å². The quantitative estimate of drug-likeness (QED) is 0.638. The van der Waals surface area contributed by atoms with Gasteiger partial charge in [-0.2, -0.15) is 0 Å². The molecule has 1 saturated heterocycles. The summed E-state index contributed by atoms with van der Waals surface area (Å²) in [5.41, 5.74) is 0.535. The Morgan fingerprint density at radius 1 is 1.30 bits per heavy atom. The lowest BCUT2D eigenvalue weighted by Gasteiger charge is -2.32. The molecule has 1 aliphatic heterocycles. The van der Waals surface area contributed by atoms with Crippen molar-refractivity contribution in [3.05, 3.63) is 39.9 Å². The maximum Gasteiger partial charge on any atom is 0.269 e. The first kappa shape index (κ1) is 14.5. The molecule has 0 unspecified atom stereocenters. The molecule has 1 aliphatic rings. The van der Waals surface area contributed by atoms with E-state index in [0.29, 0.717) is 5.56 Å². The first-order chi connectivity index (χ1) is 9.61. The molecule has 1 aromatic rings. The van der Waals surface area contributed by atoms with Gasteiger partial charge in [0.05, 0.1) is 37.6 Å². The minimum atomic E-state index is -0.457. The van der Waals surface area contributed by atoms with E-state index in [1.165, 1.54) is 24.3 Å². The third-order valence-electron chi connectivity index (χ3n) is 3.69. The highest BCUT2D eigenvalue weighted by Gasteiger charge is 2.24. The van der Waals surface area contributed by atoms with Crippen molar-refractivity contribution < 1.29 is 14.6 Å². The molecule has 1 heterocycles. The van der Waals surface area contributed by atoms with Crippen LogP contribution in [0.5, 0.6) is 0 Å². The van der Waals surface area contributed by atoms with Gasteiger partial charge >= 0.3 is 0 Å². The zero-order valence-corrected chi connectivity index (χ0v) is 11.7. The van der Waals surface area contributed by atoms with Crippen LogP contribution < -0.4 is 4.90 Å². The molecule has 0 saturated carbocycles. The minimum absolute atomic E-state index is 0.0127. The fourth-order valence-electron chi connectivity index (χ4n) is 2.54. The molecule has 0 bridgehead atoms. The highest BCUT2D eigenvalue weighted by Crippen LogP contribution is 2.13. The second-order valence-electron chi connectivity index (χ2n) is 5.10. The van der Waals surface area contributed by atoms with Crippen LogP contribution >= 0.6 is 0 Å². The normalized spacial score (nSPS) is 16.1. The summed E-state index contributed by atoms with van der Waals surface area (Å²) in [6.45, 7) is 6.79. The number of rotatable bonds is 4. The molecule has 0 atom stereocenters. The zero-order chi connectivity index (χ0) is 14.5. The van der Waals surface area contributed by atoms with E-state index in [1.807, 2.05) is 4.90 Å². The number of amides is 1. The van der Waals surface area contributed by atoms with Gasteiger partial charge in [0, 0.05) is 17.7 Å². The van der Waals surface area contributed by atoms with E-state index < -0.39 is 4.92 Å². The maximum absolute atomic E-state index is 12.3. The fourth-order valence-corrected chi connectivity index (χ4v) is 2.54. The summed E-state index contributed by atoms with van der Waals surface area (Å²) in [4.78, 5) is 25.8. The van der Waals surface area contributed by atoms with Crippen LogP contribution in [0, 0.1) is 10.1 Å². The third-order valence-corrected chi connectivity index (χ3v) is 3.69. The predicted molar refractivity (Wildman–Crippen MR) is 74.9 cm³/mol. The van der Waals surface area contributed by atoms with Gasteiger partial charge < -0.3 is 9.80 Å². The first-order valence-corrected chi connectivity index (χ1v) is 6.99. The number of nitro benzene ring substituents is 1. The van der Waals surface area contributed by atoms with Gasteiger partial charge in [0.25, 0.3) is 11.6 Å². The fraction of sp³-hybridized carbons (Fsp3) is 0.500. The number of piperazine rings is 1. The summed E-state index contributed by atoms with van der Waals surface area (Å²) in [6.07, 6.45) is 1.16. The van der Waals surface area contributed by atoms with E-state index in [0.717, 1.165) is 39.1 Å². The number of benzene rings is 1. The number of carbonyl (C=O) groups is 1. The summed E-state index contributed by atoms with van der Waals surface area (Å²) in [7, 11) is 0. The summed E-state index contributed by atoms with van der Waals surface area (Å²) in [5, 5.41) is 10.6. The van der Waals surface area contributed by atoms with Crippen LogP contribution in [0.2, 0.25) is 0 Å². The number of hydrogen-bond donors (Lipinski definition) is 1. The second-order valence-corrected chi connectivity index (χ2v) is 5.10. The zero-order valence-electron chi connectivity index (χ0n) is 11.7. The minimum Gasteiger partial charge on any atom is -0.332 e. The maximum atomic E-state index is 12.3. The highest BCUT2D eigenvalue weighted by molar-refractivity contribution is 5.94. The molecular weight excluding hydrogens is 258 g/mol. The Bertz CT molecular complexity index is 479. The van der Waals surface area contributed by atoms with Gasteiger partial charge in [-0.1, -0.05) is 6.92 Å². The van der Waals surface area contributed by atoms with Crippen molar-refractivity contribution in [3.63, 3.8) is 0 Å². The first-order valence-electron chi connectivity index (χ1n) is 6.99. The van der Waals surface area contributed by atoms with Crippen LogP contribution in [-0.2, 0) is 0 Å². The van der Waals surface area contributed by atoms with Crippen LogP contribution in [0.3, 0.4) is 0 Å². The van der Waals surface area contributed by atoms with Crippen LogP contribution in [-0.4, -0.2) is 48.5 Å². The standard InChI is InChI=1S/C14H19N3O3/c1-2-7-15-8-10-16(11-9-15)14(18)12-3-5-13(6-4-12)17(19)20/h3-6H,2,7-11H2,1H3/p+1. The van der Waals surface area contributed by atoms with Crippen molar-refractivity contribution in [3.8, 4) is 0 Å². The molecule has 108 valence electrons. The Morgan fingerprint density at radius 2 is 1.90 bits per heavy atom. The molecular formula is C14H20N3O3+. The number of quaternary nitrogens is 1. The van der Waals surface area contributed by atoms with Crippen molar-refractivity contribution in [2.75, 3.05) is 32.7 Å². The van der Waals surface area contributed by atoms with Crippen molar-refractivity contribution in [1.29, 1.82) is 0 Å². The van der Waals surface area contributed by atoms with Gasteiger partial charge in [0.1, 0.15) is 0 Å². The van der Waals surface area contributed by atoms with E-state index in [2.05, 4.69) is 6.92 Å². The smallest absolute Gasteiger partial charge is 0.269 e. The molecule has 6 heteroatoms. The largest absolute Gasteiger partial charge is 0.332 e. The van der Waals surface area contributed by atoms with Crippen LogP contribution in [0.4, 0.5) is 5.69 Å². The van der Waals surface area contributed by atoms with Crippen LogP contribution in [0.15, 0.2) is 24.3 Å². The van der Waals surface area contributed by atoms with Crippen molar-refractivity contribution >= 4 is 11.6 Å². The number of nitrogens with one attached hydrogen (secondary N) is 1. The molecule has 1 amide bonds. The van der Waals surface area contributed by atoms with E-state index in [9.17, 15) is 14.9 Å². The summed E-state index contributed by atoms with van der Waals surface area (Å²) < 4.78 is 0. The summed E-state index contributed by atoms with van der Waals surface area (Å²) in [5.74, 6) is -0.0320. The lowest BCUT2D eigenvalue weighted by Crippen LogP contribution is -3.14. The Labute approximate surface area is 118 Å². The van der Waals surface area contributed by atoms with E-state index >= 15 is 0 Å². The lowest BCUT2D eigenvalue weighted by molar-refractivity contribution is -0.904. The summed E-state index contributed by atoms with van der Waals surface area (Å²) >= 11 is 0. The van der Waals surface area contributed by atoms with Gasteiger partial charge in [-0.25, -0.2) is 0 Å². The van der Waals surface area contributed by atoms with E-state index in [-0.39, 0.29) is 11.6 Å². The van der Waals surface area contributed by atoms with Gasteiger partial charge in [-0.15, -0.1) is 0 Å². The highest BCUT2D eigenvalue weighted by atomic mass is 16.6. The SMILES string of the molecule is CCC[NH+]1CCN(C(=O)c2ccc([N+](=O)[O-])cc2)CC1. The average molecular weight is 278 g/mol. The monoisotopic (exact) mass is 278 g/mol. The van der Waals surface area contributed by atoms with E-state index in [4.69, 9.17) is 0 Å². The summed E-state index contributed by atoms with van der Waals surface area (Å²) in [6, 6.07) is 5.83. The van der Waals surface area contributed by atoms with Gasteiger partial charge in [-0.3, -0.25) is 14.9 Å². The molecule has 2 rings (SSSR count). The van der Waals surface area contributed by atoms with Crippen LogP contribution in [0.25, 0.3) is 0 Å². The van der Waals surface area contributed by atoms with Gasteiger partial charge in [0.2, 0.25) is 0 Å².